The molecule has 3 rings (SSSR count). The van der Waals surface area contributed by atoms with E-state index < -0.39 is 0 Å². The monoisotopic (exact) mass is 301 g/mol. The van der Waals surface area contributed by atoms with Crippen LogP contribution in [0.5, 0.6) is 5.75 Å². The van der Waals surface area contributed by atoms with Gasteiger partial charge in [-0.05, 0) is 49.2 Å². The van der Waals surface area contributed by atoms with Crippen molar-refractivity contribution in [1.29, 1.82) is 0 Å². The van der Waals surface area contributed by atoms with Crippen molar-refractivity contribution in [3.05, 3.63) is 47.3 Å². The van der Waals surface area contributed by atoms with Crippen LogP contribution in [0.25, 0.3) is 0 Å². The fraction of sp³-hybridized carbons (Fsp3) is 0.375. The van der Waals surface area contributed by atoms with Crippen LogP contribution in [0.3, 0.4) is 0 Å². The lowest BCUT2D eigenvalue weighted by Gasteiger charge is -2.18. The van der Waals surface area contributed by atoms with Crippen LogP contribution in [0.1, 0.15) is 22.7 Å². The molecule has 0 fully saturated rings. The summed E-state index contributed by atoms with van der Waals surface area (Å²) in [6.45, 7) is 2.00. The highest BCUT2D eigenvalue weighted by Crippen LogP contribution is 2.41. The van der Waals surface area contributed by atoms with Crippen LogP contribution in [0.2, 0.25) is 0 Å². The first kappa shape index (κ1) is 14.4. The largest absolute Gasteiger partial charge is 0.497 e. The molecular weight excluding hydrogens is 282 g/mol. The zero-order valence-electron chi connectivity index (χ0n) is 12.5. The van der Waals surface area contributed by atoms with Gasteiger partial charge in [0.05, 0.1) is 7.11 Å². The Balaban J connectivity index is 1.83. The standard InChI is InChI=1S/C16H19N3OS/c1-10-8-18-16(19-9-10)21-14-6-11-4-5-12(20-3)7-13(11)15(14)17-2/h4-5,7-9,14-15,17H,6H2,1-3H3. The van der Waals surface area contributed by atoms with Crippen molar-refractivity contribution in [2.24, 2.45) is 0 Å². The highest BCUT2D eigenvalue weighted by molar-refractivity contribution is 7.99. The second-order valence-electron chi connectivity index (χ2n) is 5.23. The van der Waals surface area contributed by atoms with Crippen LogP contribution in [-0.2, 0) is 6.42 Å². The van der Waals surface area contributed by atoms with E-state index >= 15 is 0 Å². The molecule has 0 saturated heterocycles. The molecule has 1 aromatic carbocycles. The van der Waals surface area contributed by atoms with Gasteiger partial charge in [0.15, 0.2) is 5.16 Å². The van der Waals surface area contributed by atoms with E-state index in [0.717, 1.165) is 22.9 Å². The smallest absolute Gasteiger partial charge is 0.187 e. The molecule has 0 bridgehead atoms. The number of methoxy groups -OCH3 is 1. The van der Waals surface area contributed by atoms with Gasteiger partial charge in [0, 0.05) is 23.7 Å². The van der Waals surface area contributed by atoms with Gasteiger partial charge in [0.25, 0.3) is 0 Å². The Morgan fingerprint density at radius 3 is 2.71 bits per heavy atom. The second-order valence-corrected chi connectivity index (χ2v) is 6.44. The van der Waals surface area contributed by atoms with Gasteiger partial charge in [-0.15, -0.1) is 0 Å². The molecule has 1 aromatic heterocycles. The van der Waals surface area contributed by atoms with Gasteiger partial charge < -0.3 is 10.1 Å². The van der Waals surface area contributed by atoms with E-state index in [9.17, 15) is 0 Å². The zero-order valence-corrected chi connectivity index (χ0v) is 13.3. The Kier molecular flexibility index (Phi) is 4.12. The number of thioether (sulfide) groups is 1. The summed E-state index contributed by atoms with van der Waals surface area (Å²) < 4.78 is 5.34. The van der Waals surface area contributed by atoms with Crippen molar-refractivity contribution in [3.63, 3.8) is 0 Å². The van der Waals surface area contributed by atoms with Crippen LogP contribution in [0.4, 0.5) is 0 Å². The summed E-state index contributed by atoms with van der Waals surface area (Å²) in [6, 6.07) is 6.62. The highest BCUT2D eigenvalue weighted by atomic mass is 32.2. The number of benzene rings is 1. The van der Waals surface area contributed by atoms with Crippen molar-refractivity contribution < 1.29 is 4.74 Å². The number of rotatable bonds is 4. The Morgan fingerprint density at radius 1 is 1.29 bits per heavy atom. The van der Waals surface area contributed by atoms with E-state index in [0.29, 0.717) is 11.3 Å². The van der Waals surface area contributed by atoms with E-state index in [-0.39, 0.29) is 0 Å². The molecule has 0 spiro atoms. The van der Waals surface area contributed by atoms with Gasteiger partial charge in [-0.3, -0.25) is 0 Å². The number of nitrogens with one attached hydrogen (secondary N) is 1. The summed E-state index contributed by atoms with van der Waals surface area (Å²) >= 11 is 1.74. The van der Waals surface area contributed by atoms with E-state index in [2.05, 4.69) is 27.4 Å². The number of aromatic nitrogens is 2. The van der Waals surface area contributed by atoms with Crippen LogP contribution in [-0.4, -0.2) is 29.4 Å². The van der Waals surface area contributed by atoms with Crippen molar-refractivity contribution in [3.8, 4) is 5.75 Å². The van der Waals surface area contributed by atoms with Gasteiger partial charge in [0.1, 0.15) is 5.75 Å². The molecule has 1 aliphatic rings. The fourth-order valence-electron chi connectivity index (χ4n) is 2.74. The number of aryl methyl sites for hydroxylation is 1. The fourth-order valence-corrected chi connectivity index (χ4v) is 3.92. The Bertz CT molecular complexity index is 630. The van der Waals surface area contributed by atoms with E-state index in [4.69, 9.17) is 4.74 Å². The Labute approximate surface area is 129 Å². The summed E-state index contributed by atoms with van der Waals surface area (Å²) in [7, 11) is 3.71. The summed E-state index contributed by atoms with van der Waals surface area (Å²) in [6.07, 6.45) is 4.76. The molecule has 110 valence electrons. The number of hydrogen-bond donors (Lipinski definition) is 1. The third kappa shape index (κ3) is 2.89. The number of nitrogens with zero attached hydrogens (tertiary/aromatic N) is 2. The number of ether oxygens (including phenoxy) is 1. The topological polar surface area (TPSA) is 47.0 Å². The molecule has 1 aliphatic carbocycles. The van der Waals surface area contributed by atoms with Crippen molar-refractivity contribution in [1.82, 2.24) is 15.3 Å². The molecule has 2 unspecified atom stereocenters. The molecule has 0 amide bonds. The maximum atomic E-state index is 5.34. The van der Waals surface area contributed by atoms with Crippen LogP contribution < -0.4 is 10.1 Å². The molecule has 0 radical (unpaired) electrons. The van der Waals surface area contributed by atoms with Crippen LogP contribution in [0.15, 0.2) is 35.7 Å². The Morgan fingerprint density at radius 2 is 2.05 bits per heavy atom. The maximum Gasteiger partial charge on any atom is 0.187 e. The third-order valence-electron chi connectivity index (χ3n) is 3.81. The molecule has 2 aromatic rings. The minimum absolute atomic E-state index is 0.296. The highest BCUT2D eigenvalue weighted by Gasteiger charge is 2.33. The summed E-state index contributed by atoms with van der Waals surface area (Å²) in [5.74, 6) is 0.909. The quantitative estimate of drug-likeness (QED) is 0.880. The van der Waals surface area contributed by atoms with Gasteiger partial charge >= 0.3 is 0 Å². The van der Waals surface area contributed by atoms with Gasteiger partial charge in [-0.2, -0.15) is 0 Å². The van der Waals surface area contributed by atoms with Gasteiger partial charge in [0.2, 0.25) is 0 Å². The van der Waals surface area contributed by atoms with Crippen molar-refractivity contribution in [2.45, 2.75) is 29.8 Å². The average molecular weight is 301 g/mol. The number of hydrogen-bond acceptors (Lipinski definition) is 5. The predicted octanol–water partition coefficient (Wildman–Crippen LogP) is 2.77. The lowest BCUT2D eigenvalue weighted by molar-refractivity contribution is 0.413. The van der Waals surface area contributed by atoms with Gasteiger partial charge in [-0.25, -0.2) is 9.97 Å². The molecule has 21 heavy (non-hydrogen) atoms. The SMILES string of the molecule is CNC1c2cc(OC)ccc2CC1Sc1ncc(C)cn1. The number of fused-ring (bicyclic) bond motifs is 1. The molecule has 0 aliphatic heterocycles. The first-order valence-electron chi connectivity index (χ1n) is 7.00. The normalized spacial score (nSPS) is 20.3. The average Bonchev–Trinajstić information content (AvgIpc) is 2.85. The van der Waals surface area contributed by atoms with E-state index in [1.54, 1.807) is 18.9 Å². The molecule has 1 N–H and O–H groups in total. The molecule has 4 nitrogen and oxygen atoms in total. The summed E-state index contributed by atoms with van der Waals surface area (Å²) in [5.41, 5.74) is 3.78. The minimum atomic E-state index is 0.296. The lowest BCUT2D eigenvalue weighted by Crippen LogP contribution is -2.23. The maximum absolute atomic E-state index is 5.34. The minimum Gasteiger partial charge on any atom is -0.497 e. The molecule has 5 heteroatoms. The second kappa shape index (κ2) is 6.03. The van der Waals surface area contributed by atoms with Gasteiger partial charge in [-0.1, -0.05) is 17.8 Å². The third-order valence-corrected chi connectivity index (χ3v) is 4.97. The Hall–Kier alpha value is -1.59. The first-order chi connectivity index (χ1) is 10.2. The zero-order chi connectivity index (χ0) is 14.8. The summed E-state index contributed by atoms with van der Waals surface area (Å²) in [4.78, 5) is 8.81. The van der Waals surface area contributed by atoms with E-state index in [1.807, 2.05) is 32.4 Å². The van der Waals surface area contributed by atoms with Crippen LogP contribution in [0, 0.1) is 6.92 Å². The van der Waals surface area contributed by atoms with Crippen molar-refractivity contribution >= 4 is 11.8 Å². The lowest BCUT2D eigenvalue weighted by atomic mass is 10.1. The first-order valence-corrected chi connectivity index (χ1v) is 7.88. The molecular formula is C16H19N3OS. The molecule has 1 heterocycles. The molecule has 0 saturated carbocycles. The summed E-state index contributed by atoms with van der Waals surface area (Å²) in [5, 5.41) is 4.66. The predicted molar refractivity (Wildman–Crippen MR) is 84.9 cm³/mol. The van der Waals surface area contributed by atoms with E-state index in [1.165, 1.54) is 11.1 Å². The molecule has 2 atom stereocenters. The van der Waals surface area contributed by atoms with Crippen LogP contribution >= 0.6 is 11.8 Å². The van der Waals surface area contributed by atoms with Crippen molar-refractivity contribution in [2.75, 3.05) is 14.2 Å².